The van der Waals surface area contributed by atoms with Crippen LogP contribution in [0.5, 0.6) is 0 Å². The molecule has 2 rings (SSSR count). The lowest BCUT2D eigenvalue weighted by atomic mass is 10.3. The maximum atomic E-state index is 11.9. The number of nitro groups is 1. The topological polar surface area (TPSA) is 79.6 Å². The van der Waals surface area contributed by atoms with Crippen LogP contribution in [0.15, 0.2) is 18.3 Å². The van der Waals surface area contributed by atoms with Crippen LogP contribution in [-0.2, 0) is 4.79 Å². The molecule has 0 aromatic carbocycles. The summed E-state index contributed by atoms with van der Waals surface area (Å²) in [7, 11) is 0. The van der Waals surface area contributed by atoms with Gasteiger partial charge in [0, 0.05) is 44.0 Å². The highest BCUT2D eigenvalue weighted by Gasteiger charge is 2.19. The van der Waals surface area contributed by atoms with Gasteiger partial charge in [-0.25, -0.2) is 4.98 Å². The Labute approximate surface area is 131 Å². The third-order valence-electron chi connectivity index (χ3n) is 3.42. The molecule has 0 atom stereocenters. The number of alkyl halides is 1. The number of carbonyl (C=O) groups excluding carboxylic acids is 1. The minimum absolute atomic E-state index is 0.0114. The summed E-state index contributed by atoms with van der Waals surface area (Å²) in [4.78, 5) is 30.1. The highest BCUT2D eigenvalue weighted by molar-refractivity contribution is 9.09. The highest BCUT2D eigenvalue weighted by atomic mass is 79.9. The Bertz CT molecular complexity index is 509. The van der Waals surface area contributed by atoms with Crippen LogP contribution in [-0.4, -0.2) is 52.2 Å². The summed E-state index contributed by atoms with van der Waals surface area (Å²) >= 11 is 3.28. The van der Waals surface area contributed by atoms with Gasteiger partial charge in [0.05, 0.1) is 4.92 Å². The number of aromatic nitrogens is 1. The Hall–Kier alpha value is -1.70. The number of halogens is 1. The number of hydrogen-bond acceptors (Lipinski definition) is 5. The molecule has 7 nitrogen and oxygen atoms in total. The number of rotatable bonds is 4. The predicted octanol–water partition coefficient (Wildman–Crippen LogP) is 1.81. The molecule has 0 saturated carbocycles. The zero-order valence-corrected chi connectivity index (χ0v) is 13.2. The first kappa shape index (κ1) is 15.7. The quantitative estimate of drug-likeness (QED) is 0.467. The second kappa shape index (κ2) is 7.35. The van der Waals surface area contributed by atoms with Crippen molar-refractivity contribution in [1.82, 2.24) is 9.88 Å². The first-order valence-corrected chi connectivity index (χ1v) is 7.93. The Kier molecular flexibility index (Phi) is 5.49. The van der Waals surface area contributed by atoms with E-state index in [4.69, 9.17) is 0 Å². The molecule has 21 heavy (non-hydrogen) atoms. The van der Waals surface area contributed by atoms with Crippen LogP contribution in [0.25, 0.3) is 0 Å². The fraction of sp³-hybridized carbons (Fsp3) is 0.538. The molecule has 1 saturated heterocycles. The lowest BCUT2D eigenvalue weighted by molar-refractivity contribution is -0.385. The average molecular weight is 357 g/mol. The van der Waals surface area contributed by atoms with E-state index in [9.17, 15) is 14.9 Å². The normalized spacial score (nSPS) is 15.7. The first-order chi connectivity index (χ1) is 10.1. The summed E-state index contributed by atoms with van der Waals surface area (Å²) in [6.45, 7) is 2.89. The van der Waals surface area contributed by atoms with Gasteiger partial charge in [0.1, 0.15) is 12.0 Å². The molecule has 0 N–H and O–H groups in total. The van der Waals surface area contributed by atoms with E-state index in [1.54, 1.807) is 6.07 Å². The molecule has 1 aliphatic heterocycles. The smallest absolute Gasteiger partial charge is 0.287 e. The zero-order valence-electron chi connectivity index (χ0n) is 11.6. The molecule has 1 fully saturated rings. The number of pyridine rings is 1. The van der Waals surface area contributed by atoms with Crippen molar-refractivity contribution in [1.29, 1.82) is 0 Å². The Morgan fingerprint density at radius 3 is 2.76 bits per heavy atom. The van der Waals surface area contributed by atoms with E-state index in [-0.39, 0.29) is 11.6 Å². The van der Waals surface area contributed by atoms with E-state index in [0.29, 0.717) is 24.8 Å². The Morgan fingerprint density at radius 1 is 1.33 bits per heavy atom. The van der Waals surface area contributed by atoms with E-state index < -0.39 is 4.92 Å². The molecule has 0 bridgehead atoms. The molecule has 0 spiro atoms. The third kappa shape index (κ3) is 4.13. The number of hydrogen-bond donors (Lipinski definition) is 0. The van der Waals surface area contributed by atoms with Crippen molar-refractivity contribution < 1.29 is 9.72 Å². The van der Waals surface area contributed by atoms with Crippen molar-refractivity contribution in [2.45, 2.75) is 12.8 Å². The van der Waals surface area contributed by atoms with Crippen LogP contribution in [0.4, 0.5) is 11.5 Å². The van der Waals surface area contributed by atoms with Crippen molar-refractivity contribution in [2.75, 3.05) is 36.4 Å². The van der Waals surface area contributed by atoms with Crippen LogP contribution in [0.2, 0.25) is 0 Å². The summed E-state index contributed by atoms with van der Waals surface area (Å²) in [5, 5.41) is 11.3. The molecule has 0 aliphatic carbocycles. The standard InChI is InChI=1S/C13H17BrN4O3/c14-5-4-13(19)17-7-1-6-16(8-9-17)12-3-2-11(10-15-12)18(20)21/h2-3,10H,1,4-9H2. The van der Waals surface area contributed by atoms with Gasteiger partial charge in [-0.1, -0.05) is 15.9 Å². The number of anilines is 1. The molecule has 1 aliphatic rings. The summed E-state index contributed by atoms with van der Waals surface area (Å²) in [5.41, 5.74) is -0.0114. The minimum Gasteiger partial charge on any atom is -0.355 e. The van der Waals surface area contributed by atoms with Crippen LogP contribution in [0, 0.1) is 10.1 Å². The van der Waals surface area contributed by atoms with Gasteiger partial charge in [0.2, 0.25) is 5.91 Å². The monoisotopic (exact) mass is 356 g/mol. The molecule has 0 unspecified atom stereocenters. The molecule has 0 radical (unpaired) electrons. The van der Waals surface area contributed by atoms with E-state index in [1.807, 2.05) is 4.90 Å². The minimum atomic E-state index is -0.458. The van der Waals surface area contributed by atoms with E-state index >= 15 is 0 Å². The van der Waals surface area contributed by atoms with E-state index in [2.05, 4.69) is 25.8 Å². The predicted molar refractivity (Wildman–Crippen MR) is 82.7 cm³/mol. The van der Waals surface area contributed by atoms with Gasteiger partial charge in [-0.2, -0.15) is 0 Å². The van der Waals surface area contributed by atoms with Crippen LogP contribution in [0.3, 0.4) is 0 Å². The van der Waals surface area contributed by atoms with Crippen molar-refractivity contribution >= 4 is 33.3 Å². The molecule has 8 heteroatoms. The van der Waals surface area contributed by atoms with Gasteiger partial charge in [0.25, 0.3) is 5.69 Å². The number of amides is 1. The summed E-state index contributed by atoms with van der Waals surface area (Å²) in [5.74, 6) is 0.876. The van der Waals surface area contributed by atoms with E-state index in [1.165, 1.54) is 12.3 Å². The highest BCUT2D eigenvalue weighted by Crippen LogP contribution is 2.17. The van der Waals surface area contributed by atoms with Crippen LogP contribution >= 0.6 is 15.9 Å². The molecule has 1 aromatic rings. The molecule has 2 heterocycles. The number of nitrogens with zero attached hydrogens (tertiary/aromatic N) is 4. The van der Waals surface area contributed by atoms with Crippen LogP contribution in [0.1, 0.15) is 12.8 Å². The van der Waals surface area contributed by atoms with Gasteiger partial charge in [-0.15, -0.1) is 0 Å². The van der Waals surface area contributed by atoms with Gasteiger partial charge in [-0.05, 0) is 12.5 Å². The van der Waals surface area contributed by atoms with Crippen LogP contribution < -0.4 is 4.90 Å². The lowest BCUT2D eigenvalue weighted by Crippen LogP contribution is -2.35. The fourth-order valence-electron chi connectivity index (χ4n) is 2.31. The molecular formula is C13H17BrN4O3. The Morgan fingerprint density at radius 2 is 2.14 bits per heavy atom. The fourth-order valence-corrected chi connectivity index (χ4v) is 2.65. The Balaban J connectivity index is 1.99. The third-order valence-corrected chi connectivity index (χ3v) is 3.82. The van der Waals surface area contributed by atoms with Gasteiger partial charge in [0.15, 0.2) is 0 Å². The van der Waals surface area contributed by atoms with Crippen molar-refractivity contribution in [3.05, 3.63) is 28.4 Å². The summed E-state index contributed by atoms with van der Waals surface area (Å²) < 4.78 is 0. The average Bonchev–Trinajstić information content (AvgIpc) is 2.73. The largest absolute Gasteiger partial charge is 0.355 e. The van der Waals surface area contributed by atoms with Gasteiger partial charge < -0.3 is 9.80 Å². The summed E-state index contributed by atoms with van der Waals surface area (Å²) in [6.07, 6.45) is 2.65. The van der Waals surface area contributed by atoms with Crippen molar-refractivity contribution in [3.63, 3.8) is 0 Å². The molecule has 1 aromatic heterocycles. The lowest BCUT2D eigenvalue weighted by Gasteiger charge is -2.22. The first-order valence-electron chi connectivity index (χ1n) is 6.81. The molecular weight excluding hydrogens is 340 g/mol. The second-order valence-electron chi connectivity index (χ2n) is 4.79. The number of carbonyl (C=O) groups is 1. The second-order valence-corrected chi connectivity index (χ2v) is 5.59. The van der Waals surface area contributed by atoms with Crippen molar-refractivity contribution in [3.8, 4) is 0 Å². The maximum Gasteiger partial charge on any atom is 0.287 e. The maximum absolute atomic E-state index is 11.9. The molecule has 114 valence electrons. The zero-order chi connectivity index (χ0) is 15.2. The van der Waals surface area contributed by atoms with Crippen molar-refractivity contribution in [2.24, 2.45) is 0 Å². The molecule has 1 amide bonds. The SMILES string of the molecule is O=C(CCBr)N1CCCN(c2ccc([N+](=O)[O-])cn2)CC1. The summed E-state index contributed by atoms with van der Waals surface area (Å²) in [6, 6.07) is 3.12. The van der Waals surface area contributed by atoms with Gasteiger partial charge >= 0.3 is 0 Å². The van der Waals surface area contributed by atoms with Gasteiger partial charge in [-0.3, -0.25) is 14.9 Å². The van der Waals surface area contributed by atoms with E-state index in [0.717, 1.165) is 25.3 Å².